The first-order chi connectivity index (χ1) is 11.1. The third-order valence-electron chi connectivity index (χ3n) is 4.38. The monoisotopic (exact) mass is 327 g/mol. The minimum Gasteiger partial charge on any atom is -0.399 e. The molecular formula is C21H29NO2. The molecular weight excluding hydrogens is 298 g/mol. The van der Waals surface area contributed by atoms with Crippen molar-refractivity contribution in [3.8, 4) is 0 Å². The van der Waals surface area contributed by atoms with Gasteiger partial charge in [-0.15, -0.1) is 6.58 Å². The number of nitrogen functional groups attached to an aromatic ring is 1. The van der Waals surface area contributed by atoms with Crippen LogP contribution in [0.15, 0.2) is 48.1 Å². The lowest BCUT2D eigenvalue weighted by Gasteiger charge is -2.18. The number of carbonyl (C=O) groups is 2. The molecule has 0 spiro atoms. The Morgan fingerprint density at radius 3 is 1.92 bits per heavy atom. The van der Waals surface area contributed by atoms with Gasteiger partial charge in [0.15, 0.2) is 11.6 Å². The van der Waals surface area contributed by atoms with Crippen LogP contribution in [0.4, 0.5) is 5.69 Å². The van der Waals surface area contributed by atoms with Crippen molar-refractivity contribution < 1.29 is 9.59 Å². The maximum Gasteiger partial charge on any atom is 0.159 e. The molecule has 0 aromatic heterocycles. The largest absolute Gasteiger partial charge is 0.399 e. The van der Waals surface area contributed by atoms with E-state index in [2.05, 4.69) is 33.4 Å². The first-order valence-corrected chi connectivity index (χ1v) is 8.28. The lowest BCUT2D eigenvalue weighted by Crippen LogP contribution is -2.10. The van der Waals surface area contributed by atoms with Crippen LogP contribution < -0.4 is 5.73 Å². The van der Waals surface area contributed by atoms with E-state index in [-0.39, 0.29) is 22.9 Å². The van der Waals surface area contributed by atoms with E-state index >= 15 is 0 Å². The molecule has 130 valence electrons. The zero-order chi connectivity index (χ0) is 18.5. The fraction of sp³-hybridized carbons (Fsp3) is 0.429. The Kier molecular flexibility index (Phi) is 6.70. The van der Waals surface area contributed by atoms with Gasteiger partial charge in [-0.05, 0) is 54.0 Å². The molecule has 0 heterocycles. The lowest BCUT2D eigenvalue weighted by atomic mass is 9.87. The Morgan fingerprint density at radius 2 is 1.58 bits per heavy atom. The molecule has 2 rings (SSSR count). The molecule has 1 aromatic carbocycles. The average molecular weight is 327 g/mol. The quantitative estimate of drug-likeness (QED) is 0.604. The first kappa shape index (κ1) is 19.9. The van der Waals surface area contributed by atoms with Gasteiger partial charge in [0.1, 0.15) is 0 Å². The number of carbonyl (C=O) groups excluding carboxylic acids is 2. The summed E-state index contributed by atoms with van der Waals surface area (Å²) >= 11 is 0. The van der Waals surface area contributed by atoms with Crippen LogP contribution in [0, 0.1) is 5.92 Å². The molecule has 0 saturated heterocycles. The van der Waals surface area contributed by atoms with Crippen molar-refractivity contribution in [2.45, 2.75) is 52.9 Å². The van der Waals surface area contributed by atoms with Gasteiger partial charge < -0.3 is 5.73 Å². The van der Waals surface area contributed by atoms with Gasteiger partial charge in [0.25, 0.3) is 0 Å². The Hall–Kier alpha value is -2.16. The maximum absolute atomic E-state index is 11.5. The van der Waals surface area contributed by atoms with E-state index in [0.29, 0.717) is 24.0 Å². The number of allylic oxidation sites excluding steroid dienone is 3. The Morgan fingerprint density at radius 1 is 1.08 bits per heavy atom. The van der Waals surface area contributed by atoms with Crippen LogP contribution >= 0.6 is 0 Å². The Balaban J connectivity index is 0.000000243. The predicted octanol–water partition coefficient (Wildman–Crippen LogP) is 4.62. The van der Waals surface area contributed by atoms with Gasteiger partial charge in [0.05, 0.1) is 0 Å². The molecule has 3 heteroatoms. The molecule has 0 unspecified atom stereocenters. The molecule has 3 nitrogen and oxygen atoms in total. The van der Waals surface area contributed by atoms with Crippen molar-refractivity contribution in [1.82, 2.24) is 0 Å². The van der Waals surface area contributed by atoms with Crippen LogP contribution in [0.3, 0.4) is 0 Å². The third kappa shape index (κ3) is 5.48. The molecule has 1 aliphatic rings. The van der Waals surface area contributed by atoms with E-state index in [1.165, 1.54) is 5.56 Å². The summed E-state index contributed by atoms with van der Waals surface area (Å²) < 4.78 is 0. The highest BCUT2D eigenvalue weighted by Gasteiger charge is 2.23. The minimum absolute atomic E-state index is 0.0207. The maximum atomic E-state index is 11.5. The summed E-state index contributed by atoms with van der Waals surface area (Å²) in [7, 11) is 0. The van der Waals surface area contributed by atoms with Crippen LogP contribution in [-0.4, -0.2) is 11.6 Å². The van der Waals surface area contributed by atoms with E-state index in [4.69, 9.17) is 5.73 Å². The number of benzene rings is 1. The van der Waals surface area contributed by atoms with Crippen LogP contribution in [0.25, 0.3) is 0 Å². The first-order valence-electron chi connectivity index (χ1n) is 8.28. The third-order valence-corrected chi connectivity index (χ3v) is 4.38. The second-order valence-corrected chi connectivity index (χ2v) is 7.38. The van der Waals surface area contributed by atoms with Gasteiger partial charge in [-0.2, -0.15) is 0 Å². The van der Waals surface area contributed by atoms with E-state index in [1.54, 1.807) is 19.9 Å². The highest BCUT2D eigenvalue weighted by atomic mass is 16.1. The fourth-order valence-corrected chi connectivity index (χ4v) is 2.44. The van der Waals surface area contributed by atoms with Crippen LogP contribution in [0.2, 0.25) is 0 Å². The summed E-state index contributed by atoms with van der Waals surface area (Å²) in [6, 6.07) is 8.04. The number of Topliss-reactive ketones (excluding diaryl/α,β-unsaturated/α-hetero) is 2. The minimum atomic E-state index is 0.0207. The van der Waals surface area contributed by atoms with E-state index in [1.807, 2.05) is 18.2 Å². The summed E-state index contributed by atoms with van der Waals surface area (Å²) in [4.78, 5) is 23.0. The van der Waals surface area contributed by atoms with E-state index < -0.39 is 0 Å². The predicted molar refractivity (Wildman–Crippen MR) is 101 cm³/mol. The van der Waals surface area contributed by atoms with Gasteiger partial charge in [-0.1, -0.05) is 39.0 Å². The number of rotatable bonds is 1. The van der Waals surface area contributed by atoms with Crippen LogP contribution in [0.1, 0.15) is 53.0 Å². The zero-order valence-electron chi connectivity index (χ0n) is 15.5. The standard InChI is InChI=1S/C11H14O2.C10H15N/c1-4-9-5-10(12)7(2)8(3)11(13)6-9;1-10(2,3)8-5-4-6-9(11)7-8/h4,9H,1,5-6H2,2-3H3;4-7H,11H2,1-3H3. The van der Waals surface area contributed by atoms with Gasteiger partial charge in [0.2, 0.25) is 0 Å². The normalized spacial score (nSPS) is 16.4. The molecule has 0 amide bonds. The molecule has 0 radical (unpaired) electrons. The molecule has 0 bridgehead atoms. The van der Waals surface area contributed by atoms with Crippen LogP contribution in [0.5, 0.6) is 0 Å². The molecule has 0 atom stereocenters. The van der Waals surface area contributed by atoms with Crippen molar-refractivity contribution in [1.29, 1.82) is 0 Å². The number of nitrogens with two attached hydrogens (primary N) is 1. The van der Waals surface area contributed by atoms with Gasteiger partial charge in [-0.3, -0.25) is 9.59 Å². The summed E-state index contributed by atoms with van der Waals surface area (Å²) in [5.74, 6) is 0.175. The average Bonchev–Trinajstić information content (AvgIpc) is 2.60. The zero-order valence-corrected chi connectivity index (χ0v) is 15.5. The highest BCUT2D eigenvalue weighted by molar-refractivity contribution is 6.07. The van der Waals surface area contributed by atoms with Gasteiger partial charge >= 0.3 is 0 Å². The summed E-state index contributed by atoms with van der Waals surface area (Å²) in [6.07, 6.45) is 2.55. The highest BCUT2D eigenvalue weighted by Crippen LogP contribution is 2.24. The van der Waals surface area contributed by atoms with Gasteiger partial charge in [0, 0.05) is 18.5 Å². The topological polar surface area (TPSA) is 60.2 Å². The number of anilines is 1. The van der Waals surface area contributed by atoms with Crippen molar-refractivity contribution in [3.05, 3.63) is 53.6 Å². The summed E-state index contributed by atoms with van der Waals surface area (Å²) in [5, 5.41) is 0. The SMILES string of the molecule is C=CC1CC(=O)C(C)=C(C)C(=O)C1.CC(C)(C)c1cccc(N)c1. The van der Waals surface area contributed by atoms with Crippen molar-refractivity contribution in [2.24, 2.45) is 5.92 Å². The number of hydrogen-bond acceptors (Lipinski definition) is 3. The van der Waals surface area contributed by atoms with Crippen molar-refractivity contribution in [3.63, 3.8) is 0 Å². The molecule has 0 aliphatic heterocycles. The summed E-state index contributed by atoms with van der Waals surface area (Å²) in [5.41, 5.74) is 9.23. The molecule has 24 heavy (non-hydrogen) atoms. The fourth-order valence-electron chi connectivity index (χ4n) is 2.44. The Labute approximate surface area is 145 Å². The molecule has 1 aliphatic carbocycles. The van der Waals surface area contributed by atoms with E-state index in [0.717, 1.165) is 5.69 Å². The lowest BCUT2D eigenvalue weighted by molar-refractivity contribution is -0.116. The number of ketones is 2. The molecule has 0 fully saturated rings. The second kappa shape index (κ2) is 8.09. The molecule has 1 aromatic rings. The van der Waals surface area contributed by atoms with Gasteiger partial charge in [-0.25, -0.2) is 0 Å². The number of hydrogen-bond donors (Lipinski definition) is 1. The smallest absolute Gasteiger partial charge is 0.159 e. The van der Waals surface area contributed by atoms with Crippen LogP contribution in [-0.2, 0) is 15.0 Å². The summed E-state index contributed by atoms with van der Waals surface area (Å²) in [6.45, 7) is 13.6. The molecule has 0 saturated carbocycles. The van der Waals surface area contributed by atoms with E-state index in [9.17, 15) is 9.59 Å². The van der Waals surface area contributed by atoms with Crippen molar-refractivity contribution in [2.75, 3.05) is 5.73 Å². The second-order valence-electron chi connectivity index (χ2n) is 7.38. The molecule has 2 N–H and O–H groups in total. The van der Waals surface area contributed by atoms with Crippen molar-refractivity contribution >= 4 is 17.3 Å². The Bertz CT molecular complexity index is 637.